The van der Waals surface area contributed by atoms with Crippen molar-refractivity contribution < 1.29 is 4.92 Å². The van der Waals surface area contributed by atoms with Gasteiger partial charge in [0, 0.05) is 18.0 Å². The van der Waals surface area contributed by atoms with Gasteiger partial charge in [-0.25, -0.2) is 4.98 Å². The molecule has 0 amide bonds. The van der Waals surface area contributed by atoms with Gasteiger partial charge in [-0.1, -0.05) is 0 Å². The van der Waals surface area contributed by atoms with Gasteiger partial charge in [-0.05, 0) is 13.0 Å². The first-order chi connectivity index (χ1) is 6.18. The maximum atomic E-state index is 10.4. The summed E-state index contributed by atoms with van der Waals surface area (Å²) in [5.74, 6) is 0. The summed E-state index contributed by atoms with van der Waals surface area (Å²) in [7, 11) is 0. The second-order valence-corrected chi connectivity index (χ2v) is 2.77. The van der Waals surface area contributed by atoms with Crippen molar-refractivity contribution >= 4 is 11.3 Å². The molecular weight excluding hydrogens is 170 g/mol. The monoisotopic (exact) mass is 177 g/mol. The first kappa shape index (κ1) is 7.72. The van der Waals surface area contributed by atoms with Crippen LogP contribution in [0, 0.1) is 17.0 Å². The van der Waals surface area contributed by atoms with E-state index in [1.807, 2.05) is 6.92 Å². The SMILES string of the molecule is Cc1cnc2ccc([N+](=O)[O-])cn12. The molecule has 0 N–H and O–H groups in total. The molecule has 0 fully saturated rings. The van der Waals surface area contributed by atoms with E-state index in [1.54, 1.807) is 16.7 Å². The minimum absolute atomic E-state index is 0.0774. The Balaban J connectivity index is 2.72. The normalized spacial score (nSPS) is 10.5. The van der Waals surface area contributed by atoms with Gasteiger partial charge in [0.15, 0.2) is 0 Å². The van der Waals surface area contributed by atoms with Gasteiger partial charge < -0.3 is 0 Å². The van der Waals surface area contributed by atoms with Crippen LogP contribution in [0.2, 0.25) is 0 Å². The quantitative estimate of drug-likeness (QED) is 0.490. The zero-order valence-corrected chi connectivity index (χ0v) is 6.97. The van der Waals surface area contributed by atoms with Gasteiger partial charge in [-0.15, -0.1) is 0 Å². The lowest BCUT2D eigenvalue weighted by Gasteiger charge is -1.95. The predicted octanol–water partition coefficient (Wildman–Crippen LogP) is 1.55. The molecule has 2 heterocycles. The molecule has 0 radical (unpaired) electrons. The van der Waals surface area contributed by atoms with Gasteiger partial charge in [0.25, 0.3) is 5.69 Å². The maximum absolute atomic E-state index is 10.4. The number of fused-ring (bicyclic) bond motifs is 1. The first-order valence-electron chi connectivity index (χ1n) is 3.76. The van der Waals surface area contributed by atoms with E-state index in [9.17, 15) is 10.1 Å². The highest BCUT2D eigenvalue weighted by molar-refractivity contribution is 5.45. The zero-order chi connectivity index (χ0) is 9.42. The van der Waals surface area contributed by atoms with Crippen LogP contribution in [-0.4, -0.2) is 14.3 Å². The lowest BCUT2D eigenvalue weighted by molar-refractivity contribution is -0.385. The van der Waals surface area contributed by atoms with Crippen molar-refractivity contribution in [1.82, 2.24) is 9.38 Å². The summed E-state index contributed by atoms with van der Waals surface area (Å²) >= 11 is 0. The van der Waals surface area contributed by atoms with Gasteiger partial charge in [0.1, 0.15) is 5.65 Å². The summed E-state index contributed by atoms with van der Waals surface area (Å²) in [6, 6.07) is 3.08. The lowest BCUT2D eigenvalue weighted by Crippen LogP contribution is -1.92. The van der Waals surface area contributed by atoms with Crippen LogP contribution in [0.3, 0.4) is 0 Å². The van der Waals surface area contributed by atoms with Crippen molar-refractivity contribution in [1.29, 1.82) is 0 Å². The number of hydrogen-bond acceptors (Lipinski definition) is 3. The number of aryl methyl sites for hydroxylation is 1. The third-order valence-corrected chi connectivity index (χ3v) is 1.89. The van der Waals surface area contributed by atoms with E-state index >= 15 is 0 Å². The maximum Gasteiger partial charge on any atom is 0.286 e. The van der Waals surface area contributed by atoms with E-state index in [0.29, 0.717) is 0 Å². The first-order valence-corrected chi connectivity index (χ1v) is 3.76. The highest BCUT2D eigenvalue weighted by Crippen LogP contribution is 2.13. The molecule has 0 unspecified atom stereocenters. The number of rotatable bonds is 1. The standard InChI is InChI=1S/C8H7N3O2/c1-6-4-9-8-3-2-7(11(12)13)5-10(6)8/h2-5H,1H3. The molecule has 2 aromatic rings. The Labute approximate surface area is 73.8 Å². The molecule has 0 spiro atoms. The molecule has 0 atom stereocenters. The van der Waals surface area contributed by atoms with Gasteiger partial charge in [0.05, 0.1) is 11.1 Å². The molecule has 66 valence electrons. The Morgan fingerprint density at radius 1 is 1.54 bits per heavy atom. The lowest BCUT2D eigenvalue weighted by atomic mass is 10.4. The Bertz CT molecular complexity index is 475. The molecule has 0 aliphatic rings. The fraction of sp³-hybridized carbons (Fsp3) is 0.125. The minimum Gasteiger partial charge on any atom is -0.297 e. The molecule has 2 aromatic heterocycles. The van der Waals surface area contributed by atoms with Crippen molar-refractivity contribution in [2.75, 3.05) is 0 Å². The van der Waals surface area contributed by atoms with E-state index in [-0.39, 0.29) is 5.69 Å². The molecule has 5 nitrogen and oxygen atoms in total. The number of hydrogen-bond donors (Lipinski definition) is 0. The molecule has 0 aliphatic heterocycles. The van der Waals surface area contributed by atoms with Crippen LogP contribution < -0.4 is 0 Å². The average Bonchev–Trinajstić information content (AvgIpc) is 2.47. The Morgan fingerprint density at radius 2 is 2.31 bits per heavy atom. The molecule has 2 rings (SSSR count). The van der Waals surface area contributed by atoms with Crippen LogP contribution in [-0.2, 0) is 0 Å². The highest BCUT2D eigenvalue weighted by atomic mass is 16.6. The van der Waals surface area contributed by atoms with Crippen LogP contribution in [0.25, 0.3) is 5.65 Å². The number of aromatic nitrogens is 2. The van der Waals surface area contributed by atoms with Crippen LogP contribution in [0.4, 0.5) is 5.69 Å². The predicted molar refractivity (Wildman–Crippen MR) is 46.6 cm³/mol. The van der Waals surface area contributed by atoms with Crippen LogP contribution in [0.15, 0.2) is 24.5 Å². The molecule has 0 aliphatic carbocycles. The van der Waals surface area contributed by atoms with Crippen molar-refractivity contribution in [3.05, 3.63) is 40.3 Å². The third-order valence-electron chi connectivity index (χ3n) is 1.89. The van der Waals surface area contributed by atoms with E-state index in [0.717, 1.165) is 11.3 Å². The summed E-state index contributed by atoms with van der Waals surface area (Å²) in [5, 5.41) is 10.4. The molecule has 0 bridgehead atoms. The Kier molecular flexibility index (Phi) is 1.51. The van der Waals surface area contributed by atoms with E-state index in [2.05, 4.69) is 4.98 Å². The van der Waals surface area contributed by atoms with Gasteiger partial charge in [-0.3, -0.25) is 14.5 Å². The summed E-state index contributed by atoms with van der Waals surface area (Å²) < 4.78 is 1.69. The molecule has 0 aromatic carbocycles. The van der Waals surface area contributed by atoms with E-state index in [1.165, 1.54) is 12.3 Å². The van der Waals surface area contributed by atoms with Gasteiger partial charge in [-0.2, -0.15) is 0 Å². The number of nitro groups is 1. The van der Waals surface area contributed by atoms with Crippen LogP contribution in [0.1, 0.15) is 5.69 Å². The summed E-state index contributed by atoms with van der Waals surface area (Å²) in [6.07, 6.45) is 3.15. The van der Waals surface area contributed by atoms with E-state index in [4.69, 9.17) is 0 Å². The van der Waals surface area contributed by atoms with Gasteiger partial charge in [0.2, 0.25) is 0 Å². The van der Waals surface area contributed by atoms with Gasteiger partial charge >= 0.3 is 0 Å². The highest BCUT2D eigenvalue weighted by Gasteiger charge is 2.07. The topological polar surface area (TPSA) is 60.4 Å². The van der Waals surface area contributed by atoms with Crippen molar-refractivity contribution in [2.24, 2.45) is 0 Å². The largest absolute Gasteiger partial charge is 0.297 e. The number of imidazole rings is 1. The third kappa shape index (κ3) is 1.14. The Morgan fingerprint density at radius 3 is 3.00 bits per heavy atom. The molecule has 5 heteroatoms. The molecule has 0 saturated heterocycles. The summed E-state index contributed by atoms with van der Waals surface area (Å²) in [5.41, 5.74) is 1.69. The minimum atomic E-state index is -0.418. The fourth-order valence-corrected chi connectivity index (χ4v) is 1.20. The molecule has 0 saturated carbocycles. The van der Waals surface area contributed by atoms with Crippen LogP contribution in [0.5, 0.6) is 0 Å². The second kappa shape index (κ2) is 2.55. The van der Waals surface area contributed by atoms with Crippen LogP contribution >= 0.6 is 0 Å². The fourth-order valence-electron chi connectivity index (χ4n) is 1.20. The number of pyridine rings is 1. The smallest absolute Gasteiger partial charge is 0.286 e. The summed E-state index contributed by atoms with van der Waals surface area (Å²) in [6.45, 7) is 1.85. The van der Waals surface area contributed by atoms with Crippen molar-refractivity contribution in [3.8, 4) is 0 Å². The number of nitrogens with zero attached hydrogens (tertiary/aromatic N) is 3. The summed E-state index contributed by atoms with van der Waals surface area (Å²) in [4.78, 5) is 14.1. The zero-order valence-electron chi connectivity index (χ0n) is 6.97. The van der Waals surface area contributed by atoms with E-state index < -0.39 is 4.92 Å². The molecule has 13 heavy (non-hydrogen) atoms. The second-order valence-electron chi connectivity index (χ2n) is 2.77. The van der Waals surface area contributed by atoms with Crippen molar-refractivity contribution in [2.45, 2.75) is 6.92 Å². The Hall–Kier alpha value is -1.91. The molecular formula is C8H7N3O2. The average molecular weight is 177 g/mol. The van der Waals surface area contributed by atoms with Crippen molar-refractivity contribution in [3.63, 3.8) is 0 Å².